The van der Waals surface area contributed by atoms with Crippen LogP contribution in [-0.2, 0) is 10.1 Å². The largest absolute Gasteiger partial charge is 0.369 e. The average Bonchev–Trinajstić information content (AvgIpc) is 1.99. The molecule has 0 unspecified atom stereocenters. The summed E-state index contributed by atoms with van der Waals surface area (Å²) in [5, 5.41) is 2.71. The van der Waals surface area contributed by atoms with Crippen LogP contribution in [0.3, 0.4) is 0 Å². The molecule has 15 heavy (non-hydrogen) atoms. The van der Waals surface area contributed by atoms with Gasteiger partial charge in [-0.15, -0.1) is 0 Å². The van der Waals surface area contributed by atoms with E-state index in [-0.39, 0.29) is 18.2 Å². The van der Waals surface area contributed by atoms with E-state index in [1.165, 1.54) is 0 Å². The van der Waals surface area contributed by atoms with Crippen molar-refractivity contribution in [1.82, 2.24) is 9.97 Å². The van der Waals surface area contributed by atoms with Crippen molar-refractivity contribution < 1.29 is 13.0 Å². The molecule has 0 aliphatic carbocycles. The predicted molar refractivity (Wildman–Crippen MR) is 56.1 cm³/mol. The maximum atomic E-state index is 10.4. The van der Waals surface area contributed by atoms with Gasteiger partial charge in [-0.3, -0.25) is 4.55 Å². The lowest BCUT2D eigenvalue weighted by atomic mass is 10.4. The second-order valence-corrected chi connectivity index (χ2v) is 4.54. The molecule has 0 atom stereocenters. The molecule has 4 N–H and O–H groups in total. The first-order chi connectivity index (χ1) is 6.87. The highest BCUT2D eigenvalue weighted by molar-refractivity contribution is 7.85. The summed E-state index contributed by atoms with van der Waals surface area (Å²) in [5.74, 6) is 0.170. The Morgan fingerprint density at radius 2 is 2.20 bits per heavy atom. The molecule has 0 saturated heterocycles. The lowest BCUT2D eigenvalue weighted by Gasteiger charge is -2.05. The third-order valence-electron chi connectivity index (χ3n) is 1.54. The van der Waals surface area contributed by atoms with Gasteiger partial charge in [0.1, 0.15) is 5.82 Å². The first-order valence-electron chi connectivity index (χ1n) is 4.17. The van der Waals surface area contributed by atoms with Crippen molar-refractivity contribution in [3.8, 4) is 0 Å². The number of hydrogen-bond donors (Lipinski definition) is 3. The summed E-state index contributed by atoms with van der Waals surface area (Å²) in [5.41, 5.74) is 6.06. The summed E-state index contributed by atoms with van der Waals surface area (Å²) in [7, 11) is -3.95. The fourth-order valence-electron chi connectivity index (χ4n) is 0.990. The Hall–Kier alpha value is -1.41. The highest BCUT2D eigenvalue weighted by atomic mass is 32.2. The number of nitrogens with one attached hydrogen (secondary N) is 1. The Bertz CT molecular complexity index is 425. The predicted octanol–water partition coefficient (Wildman–Crippen LogP) is -0.333. The molecule has 0 saturated carbocycles. The molecule has 8 heteroatoms. The van der Waals surface area contributed by atoms with Crippen LogP contribution in [0.15, 0.2) is 6.07 Å². The van der Waals surface area contributed by atoms with Gasteiger partial charge in [-0.25, -0.2) is 4.98 Å². The van der Waals surface area contributed by atoms with Crippen molar-refractivity contribution in [3.05, 3.63) is 11.8 Å². The fourth-order valence-corrected chi connectivity index (χ4v) is 1.35. The van der Waals surface area contributed by atoms with Crippen molar-refractivity contribution in [2.75, 3.05) is 23.3 Å². The molecule has 84 valence electrons. The van der Waals surface area contributed by atoms with Crippen LogP contribution < -0.4 is 11.1 Å². The van der Waals surface area contributed by atoms with Crippen molar-refractivity contribution in [1.29, 1.82) is 0 Å². The average molecular weight is 232 g/mol. The Labute approximate surface area is 87.5 Å². The van der Waals surface area contributed by atoms with Crippen LogP contribution in [0.2, 0.25) is 0 Å². The minimum absolute atomic E-state index is 0.0642. The van der Waals surface area contributed by atoms with Crippen LogP contribution in [-0.4, -0.2) is 35.2 Å². The highest BCUT2D eigenvalue weighted by Gasteiger charge is 2.04. The maximum Gasteiger partial charge on any atom is 0.266 e. The molecule has 0 bridgehead atoms. The van der Waals surface area contributed by atoms with Gasteiger partial charge in [0, 0.05) is 18.3 Å². The van der Waals surface area contributed by atoms with Gasteiger partial charge in [0.15, 0.2) is 0 Å². The van der Waals surface area contributed by atoms with Gasteiger partial charge in [-0.05, 0) is 6.92 Å². The molecular formula is C7H12N4O3S. The molecule has 1 aromatic heterocycles. The van der Waals surface area contributed by atoms with Crippen LogP contribution in [0.25, 0.3) is 0 Å². The van der Waals surface area contributed by atoms with E-state index in [1.807, 2.05) is 0 Å². The van der Waals surface area contributed by atoms with Gasteiger partial charge in [-0.2, -0.15) is 13.4 Å². The van der Waals surface area contributed by atoms with E-state index in [0.29, 0.717) is 11.5 Å². The number of anilines is 2. The van der Waals surface area contributed by atoms with Crippen molar-refractivity contribution in [2.24, 2.45) is 0 Å². The van der Waals surface area contributed by atoms with Gasteiger partial charge in [0.2, 0.25) is 5.95 Å². The topological polar surface area (TPSA) is 118 Å². The zero-order chi connectivity index (χ0) is 11.5. The second-order valence-electron chi connectivity index (χ2n) is 2.97. The molecular weight excluding hydrogens is 220 g/mol. The number of hydrogen-bond acceptors (Lipinski definition) is 6. The number of nitrogen functional groups attached to an aromatic ring is 1. The molecule has 0 aliphatic rings. The minimum Gasteiger partial charge on any atom is -0.369 e. The van der Waals surface area contributed by atoms with E-state index in [2.05, 4.69) is 15.3 Å². The molecule has 0 amide bonds. The molecule has 0 spiro atoms. The van der Waals surface area contributed by atoms with E-state index < -0.39 is 10.1 Å². The first kappa shape index (κ1) is 11.7. The normalized spacial score (nSPS) is 11.3. The fraction of sp³-hybridized carbons (Fsp3) is 0.429. The van der Waals surface area contributed by atoms with Crippen molar-refractivity contribution in [2.45, 2.75) is 6.92 Å². The summed E-state index contributed by atoms with van der Waals surface area (Å²) in [6.45, 7) is 1.81. The Balaban J connectivity index is 2.58. The van der Waals surface area contributed by atoms with E-state index in [1.54, 1.807) is 13.0 Å². The van der Waals surface area contributed by atoms with Gasteiger partial charge >= 0.3 is 0 Å². The third-order valence-corrected chi connectivity index (χ3v) is 2.26. The second kappa shape index (κ2) is 4.41. The standard InChI is InChI=1S/C7H12N4O3S/c1-5-4-6(11-7(8)10-5)9-2-3-15(12,13)14/h4H,2-3H2,1H3,(H,12,13,14)(H3,8,9,10,11). The Kier molecular flexibility index (Phi) is 3.43. The first-order valence-corrected chi connectivity index (χ1v) is 5.78. The lowest BCUT2D eigenvalue weighted by molar-refractivity contribution is 0.484. The smallest absolute Gasteiger partial charge is 0.266 e. The SMILES string of the molecule is Cc1cc(NCCS(=O)(=O)O)nc(N)n1. The van der Waals surface area contributed by atoms with Crippen LogP contribution >= 0.6 is 0 Å². The third kappa shape index (κ3) is 4.56. The molecule has 0 fully saturated rings. The van der Waals surface area contributed by atoms with Crippen LogP contribution in [0, 0.1) is 6.92 Å². The van der Waals surface area contributed by atoms with E-state index >= 15 is 0 Å². The zero-order valence-electron chi connectivity index (χ0n) is 8.14. The molecule has 1 heterocycles. The number of rotatable bonds is 4. The summed E-state index contributed by atoms with van der Waals surface area (Å²) < 4.78 is 29.3. The lowest BCUT2D eigenvalue weighted by Crippen LogP contribution is -2.15. The number of nitrogens with two attached hydrogens (primary N) is 1. The summed E-state index contributed by atoms with van der Waals surface area (Å²) in [6.07, 6.45) is 0. The van der Waals surface area contributed by atoms with E-state index in [0.717, 1.165) is 0 Å². The molecule has 0 radical (unpaired) electrons. The van der Waals surface area contributed by atoms with Crippen molar-refractivity contribution >= 4 is 21.9 Å². The molecule has 1 rings (SSSR count). The zero-order valence-corrected chi connectivity index (χ0v) is 8.95. The summed E-state index contributed by atoms with van der Waals surface area (Å²) in [4.78, 5) is 7.68. The molecule has 0 aliphatic heterocycles. The summed E-state index contributed by atoms with van der Waals surface area (Å²) >= 11 is 0. The van der Waals surface area contributed by atoms with Gasteiger partial charge in [0.25, 0.3) is 10.1 Å². The molecule has 0 aromatic carbocycles. The van der Waals surface area contributed by atoms with Gasteiger partial charge < -0.3 is 11.1 Å². The van der Waals surface area contributed by atoms with Crippen LogP contribution in [0.5, 0.6) is 0 Å². The van der Waals surface area contributed by atoms with E-state index in [9.17, 15) is 8.42 Å². The monoisotopic (exact) mass is 232 g/mol. The quantitative estimate of drug-likeness (QED) is 0.608. The van der Waals surface area contributed by atoms with Crippen LogP contribution in [0.1, 0.15) is 5.69 Å². The number of aryl methyl sites for hydroxylation is 1. The Morgan fingerprint density at radius 1 is 1.53 bits per heavy atom. The number of aromatic nitrogens is 2. The Morgan fingerprint density at radius 3 is 2.73 bits per heavy atom. The van der Waals surface area contributed by atoms with Gasteiger partial charge in [-0.1, -0.05) is 0 Å². The van der Waals surface area contributed by atoms with Crippen molar-refractivity contribution in [3.63, 3.8) is 0 Å². The number of nitrogens with zero attached hydrogens (tertiary/aromatic N) is 2. The molecule has 1 aromatic rings. The van der Waals surface area contributed by atoms with Crippen LogP contribution in [0.4, 0.5) is 11.8 Å². The van der Waals surface area contributed by atoms with Gasteiger partial charge in [0.05, 0.1) is 5.75 Å². The summed E-state index contributed by atoms with van der Waals surface area (Å²) in [6, 6.07) is 1.63. The molecule has 7 nitrogen and oxygen atoms in total. The highest BCUT2D eigenvalue weighted by Crippen LogP contribution is 2.06. The van der Waals surface area contributed by atoms with E-state index in [4.69, 9.17) is 10.3 Å². The minimum atomic E-state index is -3.95. The maximum absolute atomic E-state index is 10.4.